The van der Waals surface area contributed by atoms with E-state index >= 15 is 0 Å². The molecule has 2 aliphatic heterocycles. The van der Waals surface area contributed by atoms with Gasteiger partial charge in [-0.05, 0) is 63.3 Å². The third-order valence-corrected chi connectivity index (χ3v) is 4.28. The van der Waals surface area contributed by atoms with Crippen LogP contribution >= 0.6 is 0 Å². The first-order chi connectivity index (χ1) is 10.3. The molecule has 0 saturated carbocycles. The Morgan fingerprint density at radius 1 is 1.23 bits per heavy atom. The fraction of sp³-hybridized carbons (Fsp3) is 0.500. The highest BCUT2D eigenvalue weighted by atomic mass is 16.6. The van der Waals surface area contributed by atoms with E-state index in [0.717, 1.165) is 24.9 Å². The van der Waals surface area contributed by atoms with Crippen LogP contribution in [-0.4, -0.2) is 28.7 Å². The van der Waals surface area contributed by atoms with E-state index in [1.807, 2.05) is 37.8 Å². The Balaban J connectivity index is 1.80. The Bertz CT molecular complexity index is 599. The molecule has 1 aromatic rings. The summed E-state index contributed by atoms with van der Waals surface area (Å²) < 4.78 is 5.56. The molecule has 2 atom stereocenters. The molecule has 2 heterocycles. The molecule has 0 aliphatic carbocycles. The molecule has 1 aromatic carbocycles. The number of hydrogen-bond donors (Lipinski definition) is 1. The maximum Gasteiger partial charge on any atom is 0.411 e. The van der Waals surface area contributed by atoms with Gasteiger partial charge in [0.2, 0.25) is 0 Å². The lowest BCUT2D eigenvalue weighted by Gasteiger charge is -2.35. The Kier molecular flexibility index (Phi) is 3.63. The number of ether oxygens (including phenoxy) is 1. The first-order valence-corrected chi connectivity index (χ1v) is 7.91. The number of rotatable bonds is 1. The van der Waals surface area contributed by atoms with Gasteiger partial charge in [0.25, 0.3) is 0 Å². The van der Waals surface area contributed by atoms with Gasteiger partial charge in [-0.25, -0.2) is 4.79 Å². The van der Waals surface area contributed by atoms with Crippen molar-refractivity contribution in [2.45, 2.75) is 57.7 Å². The molecule has 3 rings (SSSR count). The van der Waals surface area contributed by atoms with Crippen LogP contribution in [0.1, 0.15) is 45.6 Å². The minimum atomic E-state index is -0.447. The van der Waals surface area contributed by atoms with E-state index < -0.39 is 5.60 Å². The largest absolute Gasteiger partial charge is 0.444 e. The maximum absolute atomic E-state index is 12.4. The van der Waals surface area contributed by atoms with Gasteiger partial charge >= 0.3 is 6.09 Å². The van der Waals surface area contributed by atoms with Gasteiger partial charge in [-0.2, -0.15) is 0 Å². The summed E-state index contributed by atoms with van der Waals surface area (Å²) in [4.78, 5) is 14.3. The van der Waals surface area contributed by atoms with Crippen LogP contribution in [0.15, 0.2) is 30.3 Å². The van der Waals surface area contributed by atoms with Crippen molar-refractivity contribution in [3.63, 3.8) is 0 Å². The Morgan fingerprint density at radius 2 is 1.91 bits per heavy atom. The summed E-state index contributed by atoms with van der Waals surface area (Å²) in [5, 5.41) is 0. The molecule has 0 aromatic heterocycles. The van der Waals surface area contributed by atoms with Crippen LogP contribution in [0.3, 0.4) is 0 Å². The molecule has 4 heteroatoms. The lowest BCUT2D eigenvalue weighted by atomic mass is 9.95. The molecule has 118 valence electrons. The average Bonchev–Trinajstić information content (AvgIpc) is 2.69. The van der Waals surface area contributed by atoms with E-state index in [-0.39, 0.29) is 18.2 Å². The number of fused-ring (bicyclic) bond motifs is 2. The van der Waals surface area contributed by atoms with Crippen molar-refractivity contribution in [2.75, 3.05) is 5.73 Å². The molecule has 2 N–H and O–H groups in total. The second-order valence-electron chi connectivity index (χ2n) is 7.20. The van der Waals surface area contributed by atoms with E-state index in [2.05, 4.69) is 18.2 Å². The number of benzene rings is 1. The van der Waals surface area contributed by atoms with Gasteiger partial charge in [-0.15, -0.1) is 0 Å². The van der Waals surface area contributed by atoms with Gasteiger partial charge in [0.15, 0.2) is 0 Å². The van der Waals surface area contributed by atoms with Gasteiger partial charge in [0, 0.05) is 11.7 Å². The Hall–Kier alpha value is -1.97. The molecule has 0 spiro atoms. The highest BCUT2D eigenvalue weighted by molar-refractivity contribution is 5.75. The van der Waals surface area contributed by atoms with Crippen LogP contribution in [0.25, 0.3) is 5.57 Å². The van der Waals surface area contributed by atoms with E-state index in [1.165, 1.54) is 11.1 Å². The Morgan fingerprint density at radius 3 is 2.50 bits per heavy atom. The number of hydrogen-bond acceptors (Lipinski definition) is 3. The molecule has 1 fully saturated rings. The topological polar surface area (TPSA) is 55.6 Å². The Labute approximate surface area is 131 Å². The van der Waals surface area contributed by atoms with E-state index in [4.69, 9.17) is 10.5 Å². The normalized spacial score (nSPS) is 24.1. The van der Waals surface area contributed by atoms with Crippen molar-refractivity contribution in [2.24, 2.45) is 0 Å². The van der Waals surface area contributed by atoms with Gasteiger partial charge in [-0.1, -0.05) is 18.2 Å². The van der Waals surface area contributed by atoms with E-state index in [0.29, 0.717) is 0 Å². The second kappa shape index (κ2) is 5.34. The van der Waals surface area contributed by atoms with Crippen LogP contribution in [0, 0.1) is 0 Å². The summed E-state index contributed by atoms with van der Waals surface area (Å²) in [7, 11) is 0. The molecule has 0 radical (unpaired) electrons. The third-order valence-electron chi connectivity index (χ3n) is 4.28. The van der Waals surface area contributed by atoms with Crippen molar-refractivity contribution >= 4 is 17.4 Å². The minimum Gasteiger partial charge on any atom is -0.444 e. The van der Waals surface area contributed by atoms with Gasteiger partial charge in [0.05, 0.1) is 6.04 Å². The lowest BCUT2D eigenvalue weighted by molar-refractivity contribution is 0.0175. The van der Waals surface area contributed by atoms with Gasteiger partial charge < -0.3 is 10.5 Å². The average molecular weight is 300 g/mol. The maximum atomic E-state index is 12.4. The van der Waals surface area contributed by atoms with Crippen LogP contribution in [0.2, 0.25) is 0 Å². The molecule has 4 nitrogen and oxygen atoms in total. The monoisotopic (exact) mass is 300 g/mol. The zero-order valence-corrected chi connectivity index (χ0v) is 13.5. The highest BCUT2D eigenvalue weighted by Crippen LogP contribution is 2.39. The summed E-state index contributed by atoms with van der Waals surface area (Å²) >= 11 is 0. The molecule has 1 unspecified atom stereocenters. The second-order valence-corrected chi connectivity index (χ2v) is 7.20. The smallest absolute Gasteiger partial charge is 0.411 e. The summed E-state index contributed by atoms with van der Waals surface area (Å²) in [6.45, 7) is 5.73. The fourth-order valence-electron chi connectivity index (χ4n) is 3.34. The molecule has 22 heavy (non-hydrogen) atoms. The lowest BCUT2D eigenvalue weighted by Crippen LogP contribution is -2.45. The van der Waals surface area contributed by atoms with Crippen LogP contribution in [0.5, 0.6) is 0 Å². The van der Waals surface area contributed by atoms with Crippen molar-refractivity contribution in [1.82, 2.24) is 4.90 Å². The standard InChI is InChI=1S/C18H24N2O2/c1-18(2,3)22-17(21)20-15-8-9-16(20)11-13(10-15)12-4-6-14(19)7-5-12/h4-7,10,15-16H,8-9,11,19H2,1-3H3/t15?,16-/m1/s1. The highest BCUT2D eigenvalue weighted by Gasteiger charge is 2.41. The fourth-order valence-corrected chi connectivity index (χ4v) is 3.34. The van der Waals surface area contributed by atoms with Gasteiger partial charge in [-0.3, -0.25) is 4.90 Å². The number of carbonyl (C=O) groups excluding carboxylic acids is 1. The quantitative estimate of drug-likeness (QED) is 0.802. The molecule has 2 bridgehead atoms. The number of nitrogens with two attached hydrogens (primary N) is 1. The molecule has 1 amide bonds. The first kappa shape index (κ1) is 14.9. The molecule has 2 aliphatic rings. The number of amides is 1. The van der Waals surface area contributed by atoms with Crippen molar-refractivity contribution in [3.8, 4) is 0 Å². The SMILES string of the molecule is CC(C)(C)OC(=O)N1C2C=C(c3ccc(N)cc3)C[C@H]1CC2. The molecular weight excluding hydrogens is 276 g/mol. The summed E-state index contributed by atoms with van der Waals surface area (Å²) in [5.41, 5.74) is 8.60. The molecular formula is C18H24N2O2. The summed E-state index contributed by atoms with van der Waals surface area (Å²) in [6.07, 6.45) is 4.98. The van der Waals surface area contributed by atoms with Crippen molar-refractivity contribution < 1.29 is 9.53 Å². The summed E-state index contributed by atoms with van der Waals surface area (Å²) in [6, 6.07) is 8.38. The molecule has 1 saturated heterocycles. The summed E-state index contributed by atoms with van der Waals surface area (Å²) in [5.74, 6) is 0. The first-order valence-electron chi connectivity index (χ1n) is 7.91. The van der Waals surface area contributed by atoms with Crippen molar-refractivity contribution in [1.29, 1.82) is 0 Å². The van der Waals surface area contributed by atoms with Crippen LogP contribution < -0.4 is 5.73 Å². The van der Waals surface area contributed by atoms with Crippen LogP contribution in [0.4, 0.5) is 10.5 Å². The van der Waals surface area contributed by atoms with E-state index in [9.17, 15) is 4.79 Å². The van der Waals surface area contributed by atoms with E-state index in [1.54, 1.807) is 0 Å². The predicted octanol–water partition coefficient (Wildman–Crippen LogP) is 3.82. The van der Waals surface area contributed by atoms with Gasteiger partial charge in [0.1, 0.15) is 5.60 Å². The minimum absolute atomic E-state index is 0.154. The number of carbonyl (C=O) groups is 1. The zero-order valence-electron chi connectivity index (χ0n) is 13.5. The third kappa shape index (κ3) is 2.96. The number of nitrogen functional groups attached to an aromatic ring is 1. The van der Waals surface area contributed by atoms with Crippen molar-refractivity contribution in [3.05, 3.63) is 35.9 Å². The number of nitrogens with zero attached hydrogens (tertiary/aromatic N) is 1. The predicted molar refractivity (Wildman–Crippen MR) is 88.3 cm³/mol. The zero-order chi connectivity index (χ0) is 15.9. The number of anilines is 1. The van der Waals surface area contributed by atoms with Crippen LogP contribution in [-0.2, 0) is 4.74 Å².